The zero-order chi connectivity index (χ0) is 19.8. The number of ether oxygens (including phenoxy) is 2. The van der Waals surface area contributed by atoms with Crippen LogP contribution in [0.2, 0.25) is 0 Å². The number of methoxy groups -OCH3 is 2. The standard InChI is InChI=1S/C18H19F2N3O2S2/c1-11(12-4-9-15(24-2)16(10-12)25-3)22-23-18(26)21-13-5-7-14(8-6-13)27-17(19)20/h4-10,17H,1-3H3,(H2,21,23,26)/b22-11-. The summed E-state index contributed by atoms with van der Waals surface area (Å²) in [6.45, 7) is 1.83. The second-order valence-electron chi connectivity index (χ2n) is 5.24. The summed E-state index contributed by atoms with van der Waals surface area (Å²) in [6.07, 6.45) is 0. The molecular formula is C18H19F2N3O2S2. The van der Waals surface area contributed by atoms with E-state index in [4.69, 9.17) is 21.7 Å². The maximum Gasteiger partial charge on any atom is 0.288 e. The Balaban J connectivity index is 1.97. The largest absolute Gasteiger partial charge is 0.493 e. The quantitative estimate of drug-likeness (QED) is 0.297. The van der Waals surface area contributed by atoms with Crippen molar-refractivity contribution in [2.45, 2.75) is 17.6 Å². The molecule has 0 unspecified atom stereocenters. The summed E-state index contributed by atoms with van der Waals surface area (Å²) in [6, 6.07) is 12.0. The van der Waals surface area contributed by atoms with Crippen molar-refractivity contribution in [2.75, 3.05) is 19.5 Å². The van der Waals surface area contributed by atoms with Crippen LogP contribution in [0.4, 0.5) is 14.5 Å². The number of benzene rings is 2. The molecule has 9 heteroatoms. The number of rotatable bonds is 7. The molecule has 0 saturated heterocycles. The molecule has 144 valence electrons. The normalized spacial score (nSPS) is 11.3. The molecule has 0 aliphatic rings. The van der Waals surface area contributed by atoms with Gasteiger partial charge < -0.3 is 14.8 Å². The molecule has 0 aliphatic carbocycles. The molecule has 0 saturated carbocycles. The number of thiocarbonyl (C=S) groups is 1. The number of hydrazone groups is 1. The molecule has 0 amide bonds. The third kappa shape index (κ3) is 6.37. The van der Waals surface area contributed by atoms with E-state index in [-0.39, 0.29) is 5.11 Å². The van der Waals surface area contributed by atoms with E-state index < -0.39 is 5.76 Å². The zero-order valence-corrected chi connectivity index (χ0v) is 16.6. The minimum atomic E-state index is -2.44. The van der Waals surface area contributed by atoms with Crippen LogP contribution in [0.25, 0.3) is 0 Å². The summed E-state index contributed by atoms with van der Waals surface area (Å²) in [5, 5.41) is 7.47. The van der Waals surface area contributed by atoms with Crippen molar-refractivity contribution in [3.8, 4) is 11.5 Å². The van der Waals surface area contributed by atoms with E-state index in [0.717, 1.165) is 5.56 Å². The molecule has 2 N–H and O–H groups in total. The smallest absolute Gasteiger partial charge is 0.288 e. The van der Waals surface area contributed by atoms with Crippen LogP contribution in [0, 0.1) is 0 Å². The van der Waals surface area contributed by atoms with Gasteiger partial charge >= 0.3 is 0 Å². The van der Waals surface area contributed by atoms with E-state index in [1.807, 2.05) is 19.1 Å². The summed E-state index contributed by atoms with van der Waals surface area (Å²) in [5.41, 5.74) is 4.97. The van der Waals surface area contributed by atoms with Crippen LogP contribution < -0.4 is 20.2 Å². The van der Waals surface area contributed by atoms with Gasteiger partial charge in [-0.25, -0.2) is 0 Å². The van der Waals surface area contributed by atoms with Gasteiger partial charge in [0.05, 0.1) is 19.9 Å². The third-order valence-electron chi connectivity index (χ3n) is 3.46. The minimum Gasteiger partial charge on any atom is -0.493 e. The van der Waals surface area contributed by atoms with Gasteiger partial charge in [-0.1, -0.05) is 11.8 Å². The van der Waals surface area contributed by atoms with Crippen LogP contribution in [0.3, 0.4) is 0 Å². The minimum absolute atomic E-state index is 0.282. The second kappa shape index (κ2) is 10.1. The molecule has 0 spiro atoms. The molecule has 2 aromatic rings. The fourth-order valence-corrected chi connectivity index (χ4v) is 2.80. The lowest BCUT2D eigenvalue weighted by molar-refractivity contribution is 0.252. The van der Waals surface area contributed by atoms with Gasteiger partial charge in [-0.15, -0.1) is 0 Å². The average Bonchev–Trinajstić information content (AvgIpc) is 2.66. The average molecular weight is 411 g/mol. The second-order valence-corrected chi connectivity index (χ2v) is 6.71. The first kappa shape index (κ1) is 20.9. The first-order valence-corrected chi connectivity index (χ1v) is 9.10. The van der Waals surface area contributed by atoms with E-state index in [1.54, 1.807) is 44.6 Å². The van der Waals surface area contributed by atoms with Gasteiger partial charge in [-0.2, -0.15) is 13.9 Å². The molecule has 0 radical (unpaired) electrons. The lowest BCUT2D eigenvalue weighted by atomic mass is 10.1. The van der Waals surface area contributed by atoms with E-state index >= 15 is 0 Å². The Morgan fingerprint density at radius 1 is 1.07 bits per heavy atom. The Bertz CT molecular complexity index is 815. The van der Waals surface area contributed by atoms with Crippen molar-refractivity contribution < 1.29 is 18.3 Å². The van der Waals surface area contributed by atoms with Gasteiger partial charge in [0.2, 0.25) is 0 Å². The van der Waals surface area contributed by atoms with E-state index in [0.29, 0.717) is 39.6 Å². The highest BCUT2D eigenvalue weighted by Crippen LogP contribution is 2.28. The number of halogens is 2. The van der Waals surface area contributed by atoms with Crippen LogP contribution in [-0.2, 0) is 0 Å². The van der Waals surface area contributed by atoms with Crippen molar-refractivity contribution >= 4 is 40.5 Å². The molecule has 0 bridgehead atoms. The first-order chi connectivity index (χ1) is 12.9. The number of hydrogen-bond acceptors (Lipinski definition) is 5. The third-order valence-corrected chi connectivity index (χ3v) is 4.38. The van der Waals surface area contributed by atoms with Crippen molar-refractivity contribution in [3.63, 3.8) is 0 Å². The van der Waals surface area contributed by atoms with Gasteiger partial charge in [0.1, 0.15) is 0 Å². The van der Waals surface area contributed by atoms with Crippen molar-refractivity contribution in [1.29, 1.82) is 0 Å². The summed E-state index contributed by atoms with van der Waals surface area (Å²) in [4.78, 5) is 0.483. The SMILES string of the molecule is COc1ccc(/C(C)=N\NC(=S)Nc2ccc(SC(F)F)cc2)cc1OC. The Morgan fingerprint density at radius 2 is 1.74 bits per heavy atom. The van der Waals surface area contributed by atoms with E-state index in [2.05, 4.69) is 15.8 Å². The number of alkyl halides is 2. The van der Waals surface area contributed by atoms with E-state index in [1.165, 1.54) is 0 Å². The van der Waals surface area contributed by atoms with Crippen LogP contribution in [0.1, 0.15) is 12.5 Å². The number of nitrogens with zero attached hydrogens (tertiary/aromatic N) is 1. The number of nitrogens with one attached hydrogen (secondary N) is 2. The highest BCUT2D eigenvalue weighted by atomic mass is 32.2. The highest BCUT2D eigenvalue weighted by Gasteiger charge is 2.07. The van der Waals surface area contributed by atoms with Gasteiger partial charge in [0.15, 0.2) is 16.6 Å². The fraction of sp³-hybridized carbons (Fsp3) is 0.222. The molecule has 5 nitrogen and oxygen atoms in total. The maximum atomic E-state index is 12.3. The molecular weight excluding hydrogens is 392 g/mol. The predicted octanol–water partition coefficient (Wildman–Crippen LogP) is 4.73. The lowest BCUT2D eigenvalue weighted by Gasteiger charge is -2.11. The monoisotopic (exact) mass is 411 g/mol. The van der Waals surface area contributed by atoms with E-state index in [9.17, 15) is 8.78 Å². The Hall–Kier alpha value is -2.39. The van der Waals surface area contributed by atoms with Crippen molar-refractivity contribution in [3.05, 3.63) is 48.0 Å². The number of anilines is 1. The Kier molecular flexibility index (Phi) is 7.81. The maximum absolute atomic E-state index is 12.3. The molecule has 0 aromatic heterocycles. The van der Waals surface area contributed by atoms with Crippen molar-refractivity contribution in [1.82, 2.24) is 5.43 Å². The molecule has 0 fully saturated rings. The molecule has 27 heavy (non-hydrogen) atoms. The van der Waals surface area contributed by atoms with Gasteiger partial charge in [-0.05, 0) is 61.6 Å². The molecule has 2 aromatic carbocycles. The summed E-state index contributed by atoms with van der Waals surface area (Å²) >= 11 is 5.69. The van der Waals surface area contributed by atoms with Gasteiger partial charge in [0, 0.05) is 16.1 Å². The van der Waals surface area contributed by atoms with Crippen LogP contribution in [0.15, 0.2) is 52.5 Å². The first-order valence-electron chi connectivity index (χ1n) is 7.81. The number of hydrogen-bond donors (Lipinski definition) is 2. The Labute approximate surface area is 166 Å². The van der Waals surface area contributed by atoms with Gasteiger partial charge in [-0.3, -0.25) is 5.43 Å². The van der Waals surface area contributed by atoms with Crippen LogP contribution >= 0.6 is 24.0 Å². The summed E-state index contributed by atoms with van der Waals surface area (Å²) in [7, 11) is 3.14. The highest BCUT2D eigenvalue weighted by molar-refractivity contribution is 7.99. The zero-order valence-electron chi connectivity index (χ0n) is 15.0. The summed E-state index contributed by atoms with van der Waals surface area (Å²) in [5.74, 6) is -1.21. The molecule has 0 aliphatic heterocycles. The van der Waals surface area contributed by atoms with Crippen LogP contribution in [0.5, 0.6) is 11.5 Å². The van der Waals surface area contributed by atoms with Crippen LogP contribution in [-0.4, -0.2) is 30.8 Å². The predicted molar refractivity (Wildman–Crippen MR) is 109 cm³/mol. The van der Waals surface area contributed by atoms with Gasteiger partial charge in [0.25, 0.3) is 5.76 Å². The lowest BCUT2D eigenvalue weighted by Crippen LogP contribution is -2.24. The molecule has 2 rings (SSSR count). The Morgan fingerprint density at radius 3 is 2.33 bits per heavy atom. The fourth-order valence-electron chi connectivity index (χ4n) is 2.14. The molecule has 0 atom stereocenters. The molecule has 0 heterocycles. The number of thioether (sulfide) groups is 1. The summed E-state index contributed by atoms with van der Waals surface area (Å²) < 4.78 is 35.1. The van der Waals surface area contributed by atoms with Crippen molar-refractivity contribution in [2.24, 2.45) is 5.10 Å². The topological polar surface area (TPSA) is 54.9 Å².